The van der Waals surface area contributed by atoms with Crippen LogP contribution in [-0.4, -0.2) is 23.5 Å². The van der Waals surface area contributed by atoms with E-state index in [1.54, 1.807) is 12.1 Å². The Morgan fingerprint density at radius 3 is 2.55 bits per heavy atom. The summed E-state index contributed by atoms with van der Waals surface area (Å²) in [7, 11) is 0. The smallest absolute Gasteiger partial charge is 0.338 e. The molecule has 0 radical (unpaired) electrons. The van der Waals surface area contributed by atoms with Crippen molar-refractivity contribution in [2.75, 3.05) is 6.61 Å². The molecule has 0 unspecified atom stereocenters. The molecular weight excluding hydrogens is 278 g/mol. The number of nitrogens with zero attached hydrogens (tertiary/aromatic N) is 1. The summed E-state index contributed by atoms with van der Waals surface area (Å²) >= 11 is 0. The Labute approximate surface area is 129 Å². The molecule has 1 N–H and O–H groups in total. The van der Waals surface area contributed by atoms with Gasteiger partial charge in [0, 0.05) is 16.7 Å². The summed E-state index contributed by atoms with van der Waals surface area (Å²) in [6.45, 7) is 2.47. The highest BCUT2D eigenvalue weighted by molar-refractivity contribution is 6.26. The summed E-state index contributed by atoms with van der Waals surface area (Å²) < 4.78 is 5.34. The molecule has 1 aliphatic carbocycles. The van der Waals surface area contributed by atoms with E-state index in [1.165, 1.54) is 0 Å². The molecule has 0 aromatic heterocycles. The molecule has 22 heavy (non-hydrogen) atoms. The van der Waals surface area contributed by atoms with Gasteiger partial charge in [-0.15, -0.1) is 0 Å². The Hall–Kier alpha value is -2.62. The van der Waals surface area contributed by atoms with Crippen LogP contribution in [0.3, 0.4) is 0 Å². The van der Waals surface area contributed by atoms with Crippen LogP contribution in [0.25, 0.3) is 11.1 Å². The van der Waals surface area contributed by atoms with Gasteiger partial charge in [0.25, 0.3) is 0 Å². The van der Waals surface area contributed by atoms with E-state index in [2.05, 4.69) is 5.16 Å². The van der Waals surface area contributed by atoms with Crippen LogP contribution < -0.4 is 0 Å². The van der Waals surface area contributed by atoms with Crippen LogP contribution in [0.5, 0.6) is 0 Å². The Bertz CT molecular complexity index is 750. The van der Waals surface area contributed by atoms with Gasteiger partial charge < -0.3 is 9.94 Å². The highest BCUT2D eigenvalue weighted by atomic mass is 16.5. The molecule has 0 saturated carbocycles. The number of esters is 1. The van der Waals surface area contributed by atoms with Gasteiger partial charge in [-0.05, 0) is 18.1 Å². The number of hydrogen-bond donors (Lipinski definition) is 1. The fraction of sp³-hybridized carbons (Fsp3) is 0.222. The number of hydrogen-bond acceptors (Lipinski definition) is 4. The first-order valence-electron chi connectivity index (χ1n) is 7.40. The zero-order valence-corrected chi connectivity index (χ0v) is 12.4. The van der Waals surface area contributed by atoms with Crippen molar-refractivity contribution in [3.05, 3.63) is 59.2 Å². The third-order valence-electron chi connectivity index (χ3n) is 3.82. The third kappa shape index (κ3) is 2.26. The van der Waals surface area contributed by atoms with Crippen LogP contribution in [0, 0.1) is 0 Å². The molecule has 0 heterocycles. The number of oxime groups is 1. The van der Waals surface area contributed by atoms with Gasteiger partial charge in [0.1, 0.15) is 5.71 Å². The summed E-state index contributed by atoms with van der Waals surface area (Å²) in [4.78, 5) is 12.4. The van der Waals surface area contributed by atoms with Gasteiger partial charge in [-0.2, -0.15) is 0 Å². The lowest BCUT2D eigenvalue weighted by Crippen LogP contribution is -2.08. The van der Waals surface area contributed by atoms with Crippen molar-refractivity contribution in [1.82, 2.24) is 0 Å². The molecule has 2 aromatic rings. The number of benzene rings is 2. The summed E-state index contributed by atoms with van der Waals surface area (Å²) in [6.07, 6.45) is 1.82. The second kappa shape index (κ2) is 6.02. The van der Waals surface area contributed by atoms with Crippen LogP contribution in [0.15, 0.2) is 47.6 Å². The Balaban J connectivity index is 2.08. The van der Waals surface area contributed by atoms with Gasteiger partial charge >= 0.3 is 5.97 Å². The summed E-state index contributed by atoms with van der Waals surface area (Å²) in [5, 5.41) is 12.7. The lowest BCUT2D eigenvalue weighted by Gasteiger charge is -2.09. The fourth-order valence-corrected chi connectivity index (χ4v) is 2.76. The van der Waals surface area contributed by atoms with E-state index >= 15 is 0 Å². The van der Waals surface area contributed by atoms with Gasteiger partial charge in [0.05, 0.1) is 12.2 Å². The van der Waals surface area contributed by atoms with E-state index in [0.29, 0.717) is 17.9 Å². The topological polar surface area (TPSA) is 58.9 Å². The van der Waals surface area contributed by atoms with Crippen molar-refractivity contribution in [3.63, 3.8) is 0 Å². The normalized spacial score (nSPS) is 13.8. The van der Waals surface area contributed by atoms with Gasteiger partial charge in [-0.1, -0.05) is 54.9 Å². The van der Waals surface area contributed by atoms with Gasteiger partial charge in [-0.25, -0.2) is 4.79 Å². The number of ether oxygens (including phenoxy) is 1. The highest BCUT2D eigenvalue weighted by Crippen LogP contribution is 2.39. The zero-order valence-electron chi connectivity index (χ0n) is 12.4. The first-order chi connectivity index (χ1) is 10.8. The Kier molecular flexibility index (Phi) is 3.92. The van der Waals surface area contributed by atoms with Crippen molar-refractivity contribution in [3.8, 4) is 11.1 Å². The van der Waals surface area contributed by atoms with E-state index in [9.17, 15) is 10.0 Å². The van der Waals surface area contributed by atoms with Crippen molar-refractivity contribution in [2.24, 2.45) is 5.16 Å². The standard InChI is InChI=1S/C18H17NO3/c1-2-3-11-22-18(20)15-10-6-9-14-16(15)12-7-4-5-8-13(12)17(14)19-21/h4-10,21H,2-3,11H2,1H3/b19-17-. The number of unbranched alkanes of at least 4 members (excludes halogenated alkanes) is 1. The largest absolute Gasteiger partial charge is 0.462 e. The molecule has 2 aromatic carbocycles. The Morgan fingerprint density at radius 1 is 1.09 bits per heavy atom. The minimum atomic E-state index is -0.334. The first-order valence-corrected chi connectivity index (χ1v) is 7.40. The van der Waals surface area contributed by atoms with Crippen LogP contribution in [-0.2, 0) is 4.74 Å². The molecule has 0 aliphatic heterocycles. The average molecular weight is 295 g/mol. The number of carbonyl (C=O) groups excluding carboxylic acids is 1. The maximum atomic E-state index is 12.4. The molecule has 0 amide bonds. The Morgan fingerprint density at radius 2 is 1.82 bits per heavy atom. The highest BCUT2D eigenvalue weighted by Gasteiger charge is 2.29. The molecule has 3 rings (SSSR count). The molecule has 112 valence electrons. The van der Waals surface area contributed by atoms with Crippen LogP contribution in [0.4, 0.5) is 0 Å². The molecular formula is C18H17NO3. The van der Waals surface area contributed by atoms with E-state index in [0.717, 1.165) is 35.1 Å². The second-order valence-electron chi connectivity index (χ2n) is 5.21. The summed E-state index contributed by atoms with van der Waals surface area (Å²) in [5.41, 5.74) is 4.27. The monoisotopic (exact) mass is 295 g/mol. The van der Waals surface area contributed by atoms with E-state index in [1.807, 2.05) is 37.3 Å². The summed E-state index contributed by atoms with van der Waals surface area (Å²) in [6, 6.07) is 13.0. The molecule has 0 saturated heterocycles. The van der Waals surface area contributed by atoms with Crippen LogP contribution >= 0.6 is 0 Å². The van der Waals surface area contributed by atoms with Crippen molar-refractivity contribution < 1.29 is 14.7 Å². The molecule has 4 nitrogen and oxygen atoms in total. The molecule has 0 spiro atoms. The second-order valence-corrected chi connectivity index (χ2v) is 5.21. The van der Waals surface area contributed by atoms with E-state index in [4.69, 9.17) is 4.74 Å². The van der Waals surface area contributed by atoms with E-state index in [-0.39, 0.29) is 5.97 Å². The minimum absolute atomic E-state index is 0.334. The molecule has 0 fully saturated rings. The molecule has 0 atom stereocenters. The lowest BCUT2D eigenvalue weighted by molar-refractivity contribution is 0.0500. The lowest BCUT2D eigenvalue weighted by atomic mass is 9.99. The van der Waals surface area contributed by atoms with Crippen molar-refractivity contribution >= 4 is 11.7 Å². The SMILES string of the molecule is CCCCOC(=O)c1cccc2c1-c1ccccc1/C2=N/O. The number of fused-ring (bicyclic) bond motifs is 3. The minimum Gasteiger partial charge on any atom is -0.462 e. The zero-order chi connectivity index (χ0) is 15.5. The number of rotatable bonds is 4. The van der Waals surface area contributed by atoms with Crippen LogP contribution in [0.2, 0.25) is 0 Å². The first kappa shape index (κ1) is 14.3. The summed E-state index contributed by atoms with van der Waals surface area (Å²) in [5.74, 6) is -0.334. The van der Waals surface area contributed by atoms with E-state index < -0.39 is 0 Å². The van der Waals surface area contributed by atoms with Gasteiger partial charge in [0.15, 0.2) is 0 Å². The maximum Gasteiger partial charge on any atom is 0.338 e. The van der Waals surface area contributed by atoms with Gasteiger partial charge in [0.2, 0.25) is 0 Å². The maximum absolute atomic E-state index is 12.4. The van der Waals surface area contributed by atoms with Crippen molar-refractivity contribution in [1.29, 1.82) is 0 Å². The predicted octanol–water partition coefficient (Wildman–Crippen LogP) is 3.85. The fourth-order valence-electron chi connectivity index (χ4n) is 2.76. The van der Waals surface area contributed by atoms with Gasteiger partial charge in [-0.3, -0.25) is 0 Å². The average Bonchev–Trinajstić information content (AvgIpc) is 2.88. The predicted molar refractivity (Wildman–Crippen MR) is 84.5 cm³/mol. The number of carbonyl (C=O) groups is 1. The van der Waals surface area contributed by atoms with Crippen LogP contribution in [0.1, 0.15) is 41.3 Å². The van der Waals surface area contributed by atoms with Crippen molar-refractivity contribution in [2.45, 2.75) is 19.8 Å². The third-order valence-corrected chi connectivity index (χ3v) is 3.82. The molecule has 0 bridgehead atoms. The molecule has 4 heteroatoms. The molecule has 1 aliphatic rings. The quantitative estimate of drug-likeness (QED) is 0.344.